The zero-order chi connectivity index (χ0) is 29.1. The summed E-state index contributed by atoms with van der Waals surface area (Å²) in [6.45, 7) is 7.43. The number of urea groups is 1. The number of hydrogen-bond donors (Lipinski definition) is 2. The molecule has 4 rings (SSSR count). The zero-order valence-corrected chi connectivity index (χ0v) is 24.8. The van der Waals surface area contributed by atoms with Crippen LogP contribution in [0.15, 0.2) is 54.1 Å². The van der Waals surface area contributed by atoms with Crippen LogP contribution in [0.5, 0.6) is 11.5 Å². The molecule has 10 heteroatoms. The highest BCUT2D eigenvalue weighted by molar-refractivity contribution is 14.1. The Hall–Kier alpha value is -4.19. The van der Waals surface area contributed by atoms with Gasteiger partial charge in [-0.15, -0.1) is 0 Å². The fourth-order valence-corrected chi connectivity index (χ4v) is 4.95. The van der Waals surface area contributed by atoms with Crippen molar-refractivity contribution in [2.75, 3.05) is 23.9 Å². The van der Waals surface area contributed by atoms with Crippen molar-refractivity contribution in [1.82, 2.24) is 5.32 Å². The van der Waals surface area contributed by atoms with E-state index in [1.54, 1.807) is 30.3 Å². The maximum atomic E-state index is 13.3. The van der Waals surface area contributed by atoms with Crippen molar-refractivity contribution in [3.63, 3.8) is 0 Å². The molecular formula is C30H28IN3O6. The first-order chi connectivity index (χ1) is 19.0. The van der Waals surface area contributed by atoms with Gasteiger partial charge in [-0.2, -0.15) is 0 Å². The SMILES string of the molecule is COc1cc(/C=C2/C(=O)NC(=O)N(c3ccc(C)c(C)c3)C2=O)cc(I)c1OCC(=O)Nc1ccc(C)cc1C. The number of rotatable bonds is 7. The molecule has 5 amide bonds. The number of carbonyl (C=O) groups is 4. The average molecular weight is 653 g/mol. The Morgan fingerprint density at radius 3 is 2.40 bits per heavy atom. The van der Waals surface area contributed by atoms with Gasteiger partial charge in [-0.25, -0.2) is 9.69 Å². The lowest BCUT2D eigenvalue weighted by molar-refractivity contribution is -0.122. The second kappa shape index (κ2) is 11.9. The van der Waals surface area contributed by atoms with Crippen LogP contribution in [0.25, 0.3) is 6.08 Å². The van der Waals surface area contributed by atoms with E-state index in [1.165, 1.54) is 13.2 Å². The number of methoxy groups -OCH3 is 1. The van der Waals surface area contributed by atoms with Gasteiger partial charge in [0.2, 0.25) is 0 Å². The number of amides is 5. The lowest BCUT2D eigenvalue weighted by atomic mass is 10.0. The van der Waals surface area contributed by atoms with Gasteiger partial charge in [0.05, 0.1) is 16.4 Å². The number of benzene rings is 3. The molecule has 1 aliphatic heterocycles. The Kier molecular flexibility index (Phi) is 8.58. The molecule has 0 bridgehead atoms. The van der Waals surface area contributed by atoms with Crippen LogP contribution in [-0.4, -0.2) is 37.5 Å². The Balaban J connectivity index is 1.56. The van der Waals surface area contributed by atoms with E-state index in [9.17, 15) is 19.2 Å². The van der Waals surface area contributed by atoms with E-state index in [0.29, 0.717) is 32.0 Å². The van der Waals surface area contributed by atoms with Crippen LogP contribution in [-0.2, 0) is 14.4 Å². The molecule has 0 aliphatic carbocycles. The van der Waals surface area contributed by atoms with Crippen LogP contribution in [0.2, 0.25) is 0 Å². The minimum absolute atomic E-state index is 0.211. The molecule has 0 radical (unpaired) electrons. The third kappa shape index (κ3) is 6.17. The van der Waals surface area contributed by atoms with Crippen LogP contribution >= 0.6 is 22.6 Å². The van der Waals surface area contributed by atoms with Gasteiger partial charge in [-0.05, 0) is 109 Å². The first-order valence-electron chi connectivity index (χ1n) is 12.3. The molecule has 3 aromatic carbocycles. The van der Waals surface area contributed by atoms with E-state index in [4.69, 9.17) is 9.47 Å². The molecule has 0 atom stereocenters. The summed E-state index contributed by atoms with van der Waals surface area (Å²) in [5.74, 6) is -1.23. The lowest BCUT2D eigenvalue weighted by Gasteiger charge is -2.27. The maximum absolute atomic E-state index is 13.3. The number of barbiturate groups is 1. The van der Waals surface area contributed by atoms with Crippen molar-refractivity contribution in [2.24, 2.45) is 0 Å². The molecule has 2 N–H and O–H groups in total. The molecule has 1 saturated heterocycles. The Morgan fingerprint density at radius 2 is 1.73 bits per heavy atom. The standard InChI is InChI=1S/C30H28IN3O6/c1-16-6-9-24(19(4)10-16)32-26(35)15-40-27-23(31)13-20(14-25(27)39-5)12-22-28(36)33-30(38)34(29(22)37)21-8-7-17(2)18(3)11-21/h6-14H,15H2,1-5H3,(H,32,35)(H,33,36,38)/b22-12-. The minimum atomic E-state index is -0.814. The number of aryl methyl sites for hydroxylation is 4. The van der Waals surface area contributed by atoms with Gasteiger partial charge in [0.25, 0.3) is 17.7 Å². The summed E-state index contributed by atoms with van der Waals surface area (Å²) in [6, 6.07) is 13.4. The second-order valence-electron chi connectivity index (χ2n) is 9.42. The highest BCUT2D eigenvalue weighted by Crippen LogP contribution is 2.35. The van der Waals surface area contributed by atoms with E-state index in [0.717, 1.165) is 27.2 Å². The minimum Gasteiger partial charge on any atom is -0.493 e. The van der Waals surface area contributed by atoms with E-state index in [-0.39, 0.29) is 18.1 Å². The first-order valence-corrected chi connectivity index (χ1v) is 13.4. The maximum Gasteiger partial charge on any atom is 0.335 e. The molecule has 0 aromatic heterocycles. The molecule has 1 heterocycles. The van der Waals surface area contributed by atoms with E-state index in [2.05, 4.69) is 10.6 Å². The molecule has 1 fully saturated rings. The number of halogens is 1. The molecule has 1 aliphatic rings. The van der Waals surface area contributed by atoms with Crippen LogP contribution in [0.3, 0.4) is 0 Å². The van der Waals surface area contributed by atoms with E-state index >= 15 is 0 Å². The third-order valence-electron chi connectivity index (χ3n) is 6.42. The summed E-state index contributed by atoms with van der Waals surface area (Å²) in [5, 5.41) is 5.07. The smallest absolute Gasteiger partial charge is 0.335 e. The van der Waals surface area contributed by atoms with E-state index in [1.807, 2.05) is 68.5 Å². The topological polar surface area (TPSA) is 114 Å². The zero-order valence-electron chi connectivity index (χ0n) is 22.7. The predicted octanol–water partition coefficient (Wildman–Crippen LogP) is 5.22. The number of anilines is 2. The van der Waals surface area contributed by atoms with Crippen LogP contribution in [0, 0.1) is 31.3 Å². The van der Waals surface area contributed by atoms with Gasteiger partial charge in [0.1, 0.15) is 5.57 Å². The van der Waals surface area contributed by atoms with Crippen molar-refractivity contribution in [2.45, 2.75) is 27.7 Å². The number of ether oxygens (including phenoxy) is 2. The number of imide groups is 2. The summed E-state index contributed by atoms with van der Waals surface area (Å²) in [6.07, 6.45) is 1.39. The van der Waals surface area contributed by atoms with Crippen LogP contribution < -0.4 is 25.0 Å². The van der Waals surface area contributed by atoms with Crippen LogP contribution in [0.4, 0.5) is 16.2 Å². The number of carbonyl (C=O) groups excluding carboxylic acids is 4. The van der Waals surface area contributed by atoms with Crippen LogP contribution in [0.1, 0.15) is 27.8 Å². The lowest BCUT2D eigenvalue weighted by Crippen LogP contribution is -2.54. The van der Waals surface area contributed by atoms with Gasteiger partial charge in [-0.1, -0.05) is 23.8 Å². The molecule has 9 nitrogen and oxygen atoms in total. The Bertz CT molecular complexity index is 1580. The monoisotopic (exact) mass is 653 g/mol. The molecule has 0 spiro atoms. The van der Waals surface area contributed by atoms with Crippen molar-refractivity contribution in [1.29, 1.82) is 0 Å². The van der Waals surface area contributed by atoms with Crippen molar-refractivity contribution >= 4 is 63.8 Å². The summed E-state index contributed by atoms with van der Waals surface area (Å²) in [7, 11) is 1.45. The van der Waals surface area contributed by atoms with Gasteiger partial charge in [0.15, 0.2) is 18.1 Å². The summed E-state index contributed by atoms with van der Waals surface area (Å²) in [5.41, 5.74) is 5.27. The van der Waals surface area contributed by atoms with Gasteiger partial charge < -0.3 is 14.8 Å². The van der Waals surface area contributed by atoms with Gasteiger partial charge in [-0.3, -0.25) is 19.7 Å². The predicted molar refractivity (Wildman–Crippen MR) is 161 cm³/mol. The van der Waals surface area contributed by atoms with E-state index < -0.39 is 17.8 Å². The average Bonchev–Trinajstić information content (AvgIpc) is 2.89. The van der Waals surface area contributed by atoms with Crippen molar-refractivity contribution < 1.29 is 28.7 Å². The second-order valence-corrected chi connectivity index (χ2v) is 10.6. The summed E-state index contributed by atoms with van der Waals surface area (Å²) >= 11 is 2.03. The number of hydrogen-bond acceptors (Lipinski definition) is 6. The molecule has 0 saturated carbocycles. The highest BCUT2D eigenvalue weighted by Gasteiger charge is 2.37. The molecule has 0 unspecified atom stereocenters. The number of nitrogens with one attached hydrogen (secondary N) is 2. The Labute approximate surface area is 245 Å². The molecular weight excluding hydrogens is 625 g/mol. The fourth-order valence-electron chi connectivity index (χ4n) is 4.16. The summed E-state index contributed by atoms with van der Waals surface area (Å²) < 4.78 is 11.9. The quantitative estimate of drug-likeness (QED) is 0.206. The Morgan fingerprint density at radius 1 is 0.975 bits per heavy atom. The molecule has 206 valence electrons. The molecule has 40 heavy (non-hydrogen) atoms. The fraction of sp³-hybridized carbons (Fsp3) is 0.200. The van der Waals surface area contributed by atoms with Crippen molar-refractivity contribution in [3.05, 3.63) is 85.5 Å². The summed E-state index contributed by atoms with van der Waals surface area (Å²) in [4.78, 5) is 52.0. The van der Waals surface area contributed by atoms with Gasteiger partial charge in [0, 0.05) is 5.69 Å². The number of nitrogens with zero attached hydrogens (tertiary/aromatic N) is 1. The normalized spacial score (nSPS) is 14.3. The van der Waals surface area contributed by atoms with Crippen molar-refractivity contribution in [3.8, 4) is 11.5 Å². The first kappa shape index (κ1) is 28.8. The largest absolute Gasteiger partial charge is 0.493 e. The highest BCUT2D eigenvalue weighted by atomic mass is 127. The third-order valence-corrected chi connectivity index (χ3v) is 7.22. The molecule has 3 aromatic rings. The van der Waals surface area contributed by atoms with Gasteiger partial charge >= 0.3 is 6.03 Å².